The van der Waals surface area contributed by atoms with Gasteiger partial charge in [0.25, 0.3) is 0 Å². The van der Waals surface area contributed by atoms with Gasteiger partial charge in [0, 0.05) is 6.04 Å². The van der Waals surface area contributed by atoms with E-state index in [1.54, 1.807) is 6.26 Å². The van der Waals surface area contributed by atoms with Gasteiger partial charge in [0.05, 0.1) is 12.3 Å². The van der Waals surface area contributed by atoms with Gasteiger partial charge in [-0.3, -0.25) is 0 Å². The minimum atomic E-state index is 0.300. The van der Waals surface area contributed by atoms with E-state index < -0.39 is 0 Å². The van der Waals surface area contributed by atoms with Crippen LogP contribution in [0.4, 0.5) is 0 Å². The molecule has 0 fully saturated rings. The molecule has 2 heteroatoms. The number of hydrogen-bond donors (Lipinski definition) is 1. The summed E-state index contributed by atoms with van der Waals surface area (Å²) >= 11 is 0. The molecule has 0 amide bonds. The van der Waals surface area contributed by atoms with Crippen LogP contribution in [0.2, 0.25) is 0 Å². The average Bonchev–Trinajstić information content (AvgIpc) is 2.69. The fourth-order valence-electron chi connectivity index (χ4n) is 1.53. The first-order chi connectivity index (χ1) is 6.65. The zero-order valence-electron chi connectivity index (χ0n) is 9.58. The van der Waals surface area contributed by atoms with Crippen LogP contribution in [0.1, 0.15) is 45.9 Å². The van der Waals surface area contributed by atoms with Crippen LogP contribution < -0.4 is 5.32 Å². The van der Waals surface area contributed by atoms with Crippen LogP contribution in [0.25, 0.3) is 0 Å². The Morgan fingerprint density at radius 3 is 2.57 bits per heavy atom. The highest BCUT2D eigenvalue weighted by Gasteiger charge is 2.15. The zero-order valence-corrected chi connectivity index (χ0v) is 9.58. The van der Waals surface area contributed by atoms with E-state index >= 15 is 0 Å². The van der Waals surface area contributed by atoms with Crippen molar-refractivity contribution in [3.8, 4) is 0 Å². The van der Waals surface area contributed by atoms with Gasteiger partial charge in [-0.1, -0.05) is 20.3 Å². The summed E-state index contributed by atoms with van der Waals surface area (Å²) < 4.78 is 5.35. The van der Waals surface area contributed by atoms with Gasteiger partial charge in [0.15, 0.2) is 0 Å². The lowest BCUT2D eigenvalue weighted by Crippen LogP contribution is -2.33. The molecule has 0 aliphatic heterocycles. The quantitative estimate of drug-likeness (QED) is 0.779. The molecule has 0 radical (unpaired) electrons. The van der Waals surface area contributed by atoms with Gasteiger partial charge >= 0.3 is 0 Å². The molecule has 1 aromatic rings. The minimum Gasteiger partial charge on any atom is -0.468 e. The Balaban J connectivity index is 2.44. The zero-order chi connectivity index (χ0) is 10.6. The molecule has 0 aromatic carbocycles. The number of hydrogen-bond acceptors (Lipinski definition) is 2. The maximum Gasteiger partial charge on any atom is 0.120 e. The molecule has 1 aromatic heterocycles. The molecule has 0 aliphatic rings. The van der Waals surface area contributed by atoms with E-state index in [4.69, 9.17) is 4.42 Å². The second-order valence-electron chi connectivity index (χ2n) is 4.08. The van der Waals surface area contributed by atoms with Crippen LogP contribution in [-0.4, -0.2) is 6.04 Å². The van der Waals surface area contributed by atoms with Gasteiger partial charge in [-0.2, -0.15) is 0 Å². The molecular weight excluding hydrogens is 174 g/mol. The molecule has 3 atom stereocenters. The molecule has 1 rings (SSSR count). The standard InChI is InChI=1S/C12H21NO/c1-5-9(2)10(3)13-11(4)12-7-6-8-14-12/h6-11,13H,5H2,1-4H3/t9?,10?,11-/m1/s1. The van der Waals surface area contributed by atoms with Crippen LogP contribution in [-0.2, 0) is 0 Å². The highest BCUT2D eigenvalue weighted by Crippen LogP contribution is 2.16. The van der Waals surface area contributed by atoms with Crippen molar-refractivity contribution in [1.29, 1.82) is 0 Å². The van der Waals surface area contributed by atoms with Gasteiger partial charge in [-0.05, 0) is 31.9 Å². The van der Waals surface area contributed by atoms with Crippen LogP contribution in [0.5, 0.6) is 0 Å². The van der Waals surface area contributed by atoms with Crippen molar-refractivity contribution < 1.29 is 4.42 Å². The third-order valence-corrected chi connectivity index (χ3v) is 2.98. The van der Waals surface area contributed by atoms with Crippen LogP contribution in [0.3, 0.4) is 0 Å². The molecular formula is C12H21NO. The summed E-state index contributed by atoms with van der Waals surface area (Å²) in [6, 6.07) is 4.77. The molecule has 0 saturated heterocycles. The number of furan rings is 1. The molecule has 1 heterocycles. The van der Waals surface area contributed by atoms with Crippen LogP contribution >= 0.6 is 0 Å². The van der Waals surface area contributed by atoms with Gasteiger partial charge in [0.2, 0.25) is 0 Å². The summed E-state index contributed by atoms with van der Waals surface area (Å²) in [5, 5.41) is 3.54. The fraction of sp³-hybridized carbons (Fsp3) is 0.667. The lowest BCUT2D eigenvalue weighted by Gasteiger charge is -2.23. The highest BCUT2D eigenvalue weighted by atomic mass is 16.3. The minimum absolute atomic E-state index is 0.300. The molecule has 0 bridgehead atoms. The second-order valence-corrected chi connectivity index (χ2v) is 4.08. The molecule has 0 saturated carbocycles. The van der Waals surface area contributed by atoms with Crippen molar-refractivity contribution in [3.05, 3.63) is 24.2 Å². The molecule has 80 valence electrons. The lowest BCUT2D eigenvalue weighted by molar-refractivity contribution is 0.332. The summed E-state index contributed by atoms with van der Waals surface area (Å²) in [7, 11) is 0. The molecule has 2 unspecified atom stereocenters. The Hall–Kier alpha value is -0.760. The normalized spacial score (nSPS) is 17.7. The maximum absolute atomic E-state index is 5.35. The van der Waals surface area contributed by atoms with E-state index in [1.807, 2.05) is 12.1 Å². The van der Waals surface area contributed by atoms with Gasteiger partial charge in [0.1, 0.15) is 5.76 Å². The van der Waals surface area contributed by atoms with Gasteiger partial charge in [-0.25, -0.2) is 0 Å². The van der Waals surface area contributed by atoms with Gasteiger partial charge < -0.3 is 9.73 Å². The Morgan fingerprint density at radius 2 is 2.07 bits per heavy atom. The Kier molecular flexibility index (Phi) is 4.21. The van der Waals surface area contributed by atoms with Crippen LogP contribution in [0.15, 0.2) is 22.8 Å². The van der Waals surface area contributed by atoms with E-state index in [0.717, 1.165) is 5.76 Å². The first kappa shape index (κ1) is 11.3. The smallest absolute Gasteiger partial charge is 0.120 e. The monoisotopic (exact) mass is 195 g/mol. The van der Waals surface area contributed by atoms with E-state index in [2.05, 4.69) is 33.0 Å². The SMILES string of the molecule is CCC(C)C(C)N[C@H](C)c1ccco1. The van der Waals surface area contributed by atoms with E-state index in [1.165, 1.54) is 6.42 Å². The molecule has 1 N–H and O–H groups in total. The topological polar surface area (TPSA) is 25.2 Å². The predicted octanol–water partition coefficient (Wildman–Crippen LogP) is 3.36. The van der Waals surface area contributed by atoms with Crippen LogP contribution in [0, 0.1) is 5.92 Å². The van der Waals surface area contributed by atoms with Crippen molar-refractivity contribution in [1.82, 2.24) is 5.32 Å². The van der Waals surface area contributed by atoms with E-state index in [-0.39, 0.29) is 0 Å². The van der Waals surface area contributed by atoms with Gasteiger partial charge in [-0.15, -0.1) is 0 Å². The highest BCUT2D eigenvalue weighted by molar-refractivity contribution is 5.03. The Morgan fingerprint density at radius 1 is 1.36 bits per heavy atom. The second kappa shape index (κ2) is 5.20. The average molecular weight is 195 g/mol. The maximum atomic E-state index is 5.35. The Labute approximate surface area is 86.7 Å². The van der Waals surface area contributed by atoms with Crippen molar-refractivity contribution in [2.75, 3.05) is 0 Å². The molecule has 0 aliphatic carbocycles. The summed E-state index contributed by atoms with van der Waals surface area (Å²) in [5.74, 6) is 1.72. The molecule has 14 heavy (non-hydrogen) atoms. The third-order valence-electron chi connectivity index (χ3n) is 2.98. The first-order valence-corrected chi connectivity index (χ1v) is 5.44. The first-order valence-electron chi connectivity index (χ1n) is 5.44. The van der Waals surface area contributed by atoms with E-state index in [9.17, 15) is 0 Å². The number of nitrogens with one attached hydrogen (secondary N) is 1. The summed E-state index contributed by atoms with van der Waals surface area (Å²) in [6.45, 7) is 8.86. The van der Waals surface area contributed by atoms with Crippen molar-refractivity contribution in [3.63, 3.8) is 0 Å². The van der Waals surface area contributed by atoms with Crippen molar-refractivity contribution in [2.24, 2.45) is 5.92 Å². The molecule has 2 nitrogen and oxygen atoms in total. The lowest BCUT2D eigenvalue weighted by atomic mass is 10.00. The fourth-order valence-corrected chi connectivity index (χ4v) is 1.53. The summed E-state index contributed by atoms with van der Waals surface area (Å²) in [5.41, 5.74) is 0. The van der Waals surface area contributed by atoms with E-state index in [0.29, 0.717) is 18.0 Å². The summed E-state index contributed by atoms with van der Waals surface area (Å²) in [4.78, 5) is 0. The summed E-state index contributed by atoms with van der Waals surface area (Å²) in [6.07, 6.45) is 2.93. The predicted molar refractivity (Wildman–Crippen MR) is 59.2 cm³/mol. The number of rotatable bonds is 5. The largest absolute Gasteiger partial charge is 0.468 e. The van der Waals surface area contributed by atoms with Crippen molar-refractivity contribution >= 4 is 0 Å². The van der Waals surface area contributed by atoms with Crippen molar-refractivity contribution in [2.45, 2.75) is 46.2 Å². The molecule has 0 spiro atoms. The third kappa shape index (κ3) is 2.88. The Bertz CT molecular complexity index is 243.